The number of aromatic carboxylic acids is 1. The Morgan fingerprint density at radius 2 is 2.11 bits per heavy atom. The summed E-state index contributed by atoms with van der Waals surface area (Å²) in [6.07, 6.45) is 2.29. The van der Waals surface area contributed by atoms with Gasteiger partial charge in [0, 0.05) is 25.8 Å². The highest BCUT2D eigenvalue weighted by Gasteiger charge is 2.34. The molecule has 1 aromatic heterocycles. The third-order valence-electron chi connectivity index (χ3n) is 5.18. The molecule has 1 fully saturated rings. The highest BCUT2D eigenvalue weighted by Crippen LogP contribution is 2.29. The van der Waals surface area contributed by atoms with Gasteiger partial charge in [0.05, 0.1) is 30.3 Å². The quantitative estimate of drug-likeness (QED) is 0.728. The molecule has 0 aliphatic carbocycles. The lowest BCUT2D eigenvalue weighted by Gasteiger charge is -2.25. The van der Waals surface area contributed by atoms with Gasteiger partial charge in [-0.1, -0.05) is 12.1 Å². The number of likely N-dealkylation sites (tertiary alicyclic amines) is 1. The Morgan fingerprint density at radius 1 is 1.36 bits per heavy atom. The molecule has 2 atom stereocenters. The molecule has 0 saturated carbocycles. The number of rotatable bonds is 8. The lowest BCUT2D eigenvalue weighted by Crippen LogP contribution is -2.33. The van der Waals surface area contributed by atoms with Crippen molar-refractivity contribution in [3.05, 3.63) is 59.4 Å². The van der Waals surface area contributed by atoms with Gasteiger partial charge in [0.25, 0.3) is 0 Å². The first-order chi connectivity index (χ1) is 13.5. The molecule has 7 heteroatoms. The molecule has 2 N–H and O–H groups in total. The third-order valence-corrected chi connectivity index (χ3v) is 5.18. The molecule has 2 aromatic rings. The van der Waals surface area contributed by atoms with Crippen LogP contribution in [0.5, 0.6) is 5.75 Å². The number of carboxylic acids is 1. The largest absolute Gasteiger partial charge is 0.497 e. The molecular formula is C21H25N3O4. The number of hydrogen-bond acceptors (Lipinski definition) is 5. The number of carboxylic acid groups (broad SMARTS) is 1. The standard InChI is InChI=1S/C21H25N3O4/c1-14(15-3-5-19(28-2)6-4-15)24-10-8-17(20(24)25)12-22-13-18-11-16(21(26)27)7-9-23-18/h3-7,9,11,14,17,22H,8,10,12-13H2,1-2H3,(H,26,27)/t14-,17-/m1/s1. The van der Waals surface area contributed by atoms with Crippen molar-refractivity contribution in [2.45, 2.75) is 25.9 Å². The van der Waals surface area contributed by atoms with Gasteiger partial charge < -0.3 is 20.1 Å². The van der Waals surface area contributed by atoms with Gasteiger partial charge in [-0.05, 0) is 43.2 Å². The van der Waals surface area contributed by atoms with Gasteiger partial charge in [0.15, 0.2) is 0 Å². The minimum absolute atomic E-state index is 0.0114. The summed E-state index contributed by atoms with van der Waals surface area (Å²) in [5, 5.41) is 12.3. The van der Waals surface area contributed by atoms with Crippen molar-refractivity contribution < 1.29 is 19.4 Å². The number of hydrogen-bond donors (Lipinski definition) is 2. The molecular weight excluding hydrogens is 358 g/mol. The van der Waals surface area contributed by atoms with E-state index >= 15 is 0 Å². The number of ether oxygens (including phenoxy) is 1. The van der Waals surface area contributed by atoms with E-state index in [0.717, 1.165) is 24.3 Å². The molecule has 28 heavy (non-hydrogen) atoms. The molecule has 148 valence electrons. The van der Waals surface area contributed by atoms with Crippen molar-refractivity contribution >= 4 is 11.9 Å². The normalized spacial score (nSPS) is 17.6. The van der Waals surface area contributed by atoms with Crippen LogP contribution in [-0.2, 0) is 11.3 Å². The zero-order valence-corrected chi connectivity index (χ0v) is 16.1. The second kappa shape index (κ2) is 8.84. The van der Waals surface area contributed by atoms with Gasteiger partial charge in [0.2, 0.25) is 5.91 Å². The van der Waals surface area contributed by atoms with Crippen LogP contribution in [0.25, 0.3) is 0 Å². The Hall–Kier alpha value is -2.93. The maximum Gasteiger partial charge on any atom is 0.335 e. The molecule has 1 aliphatic heterocycles. The van der Waals surface area contributed by atoms with Crippen molar-refractivity contribution in [1.82, 2.24) is 15.2 Å². The molecule has 0 bridgehead atoms. The summed E-state index contributed by atoms with van der Waals surface area (Å²) in [5.74, 6) is -0.115. The van der Waals surface area contributed by atoms with E-state index in [1.807, 2.05) is 36.1 Å². The summed E-state index contributed by atoms with van der Waals surface area (Å²) in [7, 11) is 1.63. The SMILES string of the molecule is COc1ccc([C@@H](C)N2CC[C@H](CNCc3cc(C(=O)O)ccn3)C2=O)cc1. The molecule has 0 spiro atoms. The van der Waals surface area contributed by atoms with Gasteiger partial charge >= 0.3 is 5.97 Å². The Kier molecular flexibility index (Phi) is 6.26. The fraction of sp³-hybridized carbons (Fsp3) is 0.381. The highest BCUT2D eigenvalue weighted by molar-refractivity contribution is 5.87. The van der Waals surface area contributed by atoms with E-state index in [-0.39, 0.29) is 23.4 Å². The average Bonchev–Trinajstić information content (AvgIpc) is 3.08. The smallest absolute Gasteiger partial charge is 0.335 e. The van der Waals surface area contributed by atoms with Gasteiger partial charge in [-0.25, -0.2) is 4.79 Å². The highest BCUT2D eigenvalue weighted by atomic mass is 16.5. The van der Waals surface area contributed by atoms with Crippen LogP contribution in [0.2, 0.25) is 0 Å². The fourth-order valence-electron chi connectivity index (χ4n) is 3.48. The Morgan fingerprint density at radius 3 is 2.79 bits per heavy atom. The number of carbonyl (C=O) groups is 2. The van der Waals surface area contributed by atoms with E-state index in [9.17, 15) is 9.59 Å². The van der Waals surface area contributed by atoms with E-state index in [1.165, 1.54) is 12.3 Å². The number of aromatic nitrogens is 1. The van der Waals surface area contributed by atoms with Gasteiger partial charge in [-0.15, -0.1) is 0 Å². The molecule has 1 amide bonds. The number of amides is 1. The molecule has 1 saturated heterocycles. The molecule has 7 nitrogen and oxygen atoms in total. The lowest BCUT2D eigenvalue weighted by atomic mass is 10.1. The number of nitrogens with zero attached hydrogens (tertiary/aromatic N) is 2. The summed E-state index contributed by atoms with van der Waals surface area (Å²) in [6.45, 7) is 3.74. The van der Waals surface area contributed by atoms with Crippen molar-refractivity contribution in [2.24, 2.45) is 5.92 Å². The zero-order chi connectivity index (χ0) is 20.1. The second-order valence-electron chi connectivity index (χ2n) is 6.94. The van der Waals surface area contributed by atoms with Crippen LogP contribution in [0.1, 0.15) is 41.0 Å². The third kappa shape index (κ3) is 4.48. The number of nitrogens with one attached hydrogen (secondary N) is 1. The topological polar surface area (TPSA) is 91.8 Å². The Labute approximate surface area is 164 Å². The van der Waals surface area contributed by atoms with Crippen LogP contribution in [0, 0.1) is 5.92 Å². The van der Waals surface area contributed by atoms with E-state index in [2.05, 4.69) is 10.3 Å². The lowest BCUT2D eigenvalue weighted by molar-refractivity contribution is -0.132. The summed E-state index contributed by atoms with van der Waals surface area (Å²) in [6, 6.07) is 10.8. The summed E-state index contributed by atoms with van der Waals surface area (Å²) in [4.78, 5) is 29.9. The fourth-order valence-corrected chi connectivity index (χ4v) is 3.48. The van der Waals surface area contributed by atoms with Crippen LogP contribution in [0.3, 0.4) is 0 Å². The maximum absolute atomic E-state index is 12.8. The van der Waals surface area contributed by atoms with Gasteiger partial charge in [0.1, 0.15) is 5.75 Å². The van der Waals surface area contributed by atoms with Crippen LogP contribution in [0.4, 0.5) is 0 Å². The van der Waals surface area contributed by atoms with Crippen LogP contribution in [0.15, 0.2) is 42.6 Å². The maximum atomic E-state index is 12.8. The number of pyridine rings is 1. The Balaban J connectivity index is 1.53. The predicted molar refractivity (Wildman–Crippen MR) is 104 cm³/mol. The van der Waals surface area contributed by atoms with E-state index in [0.29, 0.717) is 18.8 Å². The average molecular weight is 383 g/mol. The molecule has 0 unspecified atom stereocenters. The van der Waals surface area contributed by atoms with Crippen molar-refractivity contribution in [1.29, 1.82) is 0 Å². The number of methoxy groups -OCH3 is 1. The summed E-state index contributed by atoms with van der Waals surface area (Å²) in [5.41, 5.74) is 1.94. The minimum atomic E-state index is -0.974. The zero-order valence-electron chi connectivity index (χ0n) is 16.1. The monoisotopic (exact) mass is 383 g/mol. The van der Waals surface area contributed by atoms with Crippen molar-refractivity contribution in [2.75, 3.05) is 20.2 Å². The molecule has 0 radical (unpaired) electrons. The molecule has 2 heterocycles. The van der Waals surface area contributed by atoms with Crippen LogP contribution in [-0.4, -0.2) is 47.1 Å². The van der Waals surface area contributed by atoms with Crippen LogP contribution < -0.4 is 10.1 Å². The molecule has 1 aliphatic rings. The first-order valence-corrected chi connectivity index (χ1v) is 9.33. The predicted octanol–water partition coefficient (Wildman–Crippen LogP) is 2.49. The van der Waals surface area contributed by atoms with E-state index < -0.39 is 5.97 Å². The van der Waals surface area contributed by atoms with E-state index in [4.69, 9.17) is 9.84 Å². The Bertz CT molecular complexity index is 838. The minimum Gasteiger partial charge on any atom is -0.497 e. The van der Waals surface area contributed by atoms with Gasteiger partial charge in [-0.3, -0.25) is 9.78 Å². The first kappa shape index (κ1) is 19.8. The van der Waals surface area contributed by atoms with Gasteiger partial charge in [-0.2, -0.15) is 0 Å². The molecule has 3 rings (SSSR count). The molecule has 1 aromatic carbocycles. The van der Waals surface area contributed by atoms with Crippen molar-refractivity contribution in [3.63, 3.8) is 0 Å². The van der Waals surface area contributed by atoms with E-state index in [1.54, 1.807) is 13.2 Å². The number of benzene rings is 1. The second-order valence-corrected chi connectivity index (χ2v) is 6.94. The summed E-state index contributed by atoms with van der Waals surface area (Å²) >= 11 is 0. The van der Waals surface area contributed by atoms with Crippen LogP contribution >= 0.6 is 0 Å². The van der Waals surface area contributed by atoms with Crippen molar-refractivity contribution in [3.8, 4) is 5.75 Å². The number of carbonyl (C=O) groups excluding carboxylic acids is 1. The summed E-state index contributed by atoms with van der Waals surface area (Å²) < 4.78 is 5.19. The first-order valence-electron chi connectivity index (χ1n) is 9.33.